The maximum absolute atomic E-state index is 5.93. The molecule has 0 bridgehead atoms. The third-order valence-corrected chi connectivity index (χ3v) is 4.49. The van der Waals surface area contributed by atoms with Gasteiger partial charge in [0.15, 0.2) is 5.60 Å². The van der Waals surface area contributed by atoms with E-state index in [1.54, 1.807) is 0 Å². The van der Waals surface area contributed by atoms with Crippen LogP contribution >= 0.6 is 0 Å². The summed E-state index contributed by atoms with van der Waals surface area (Å²) in [5.74, 6) is 1.94. The summed E-state index contributed by atoms with van der Waals surface area (Å²) >= 11 is 0. The highest BCUT2D eigenvalue weighted by molar-refractivity contribution is 5.82. The highest BCUT2D eigenvalue weighted by atomic mass is 16.6. The lowest BCUT2D eigenvalue weighted by Gasteiger charge is -2.22. The molecule has 1 aromatic carbocycles. The van der Waals surface area contributed by atoms with Crippen molar-refractivity contribution >= 4 is 11.0 Å². The standard InChI is InChI=1S/C18H20N2O4/c1-3-22-18(8-9-21-11-18)17-20-19-16(24-17)10-14-12(2)23-15-7-5-4-6-13(14)15/h4-7H,3,8-11H2,1-2H3. The molecular formula is C18H20N2O4. The van der Waals surface area contributed by atoms with Gasteiger partial charge in [0.25, 0.3) is 5.89 Å². The van der Waals surface area contributed by atoms with Gasteiger partial charge in [0.05, 0.1) is 19.6 Å². The molecule has 4 rings (SSSR count). The second-order valence-corrected chi connectivity index (χ2v) is 6.04. The summed E-state index contributed by atoms with van der Waals surface area (Å²) in [6, 6.07) is 7.97. The Kier molecular flexibility index (Phi) is 3.86. The van der Waals surface area contributed by atoms with Crippen molar-refractivity contribution in [2.45, 2.75) is 32.3 Å². The Labute approximate surface area is 139 Å². The Balaban J connectivity index is 1.64. The number of ether oxygens (including phenoxy) is 2. The van der Waals surface area contributed by atoms with E-state index in [0.29, 0.717) is 38.0 Å². The zero-order valence-electron chi connectivity index (χ0n) is 13.9. The van der Waals surface area contributed by atoms with Crippen molar-refractivity contribution in [2.75, 3.05) is 19.8 Å². The van der Waals surface area contributed by atoms with E-state index in [9.17, 15) is 0 Å². The van der Waals surface area contributed by atoms with Crippen molar-refractivity contribution < 1.29 is 18.3 Å². The van der Waals surface area contributed by atoms with E-state index in [1.807, 2.05) is 38.1 Å². The van der Waals surface area contributed by atoms with Crippen LogP contribution in [0.5, 0.6) is 0 Å². The normalized spacial score (nSPS) is 20.9. The summed E-state index contributed by atoms with van der Waals surface area (Å²) < 4.78 is 23.1. The van der Waals surface area contributed by atoms with Crippen LogP contribution in [0, 0.1) is 6.92 Å². The molecule has 6 heteroatoms. The van der Waals surface area contributed by atoms with E-state index in [0.717, 1.165) is 28.7 Å². The van der Waals surface area contributed by atoms with Crippen LogP contribution in [0.1, 0.15) is 36.4 Å². The number of para-hydroxylation sites is 1. The number of nitrogens with zero attached hydrogens (tertiary/aromatic N) is 2. The fraction of sp³-hybridized carbons (Fsp3) is 0.444. The summed E-state index contributed by atoms with van der Waals surface area (Å²) in [6.07, 6.45) is 1.27. The Hall–Kier alpha value is -2.18. The molecule has 1 fully saturated rings. The summed E-state index contributed by atoms with van der Waals surface area (Å²) in [5, 5.41) is 9.53. The van der Waals surface area contributed by atoms with E-state index in [2.05, 4.69) is 10.2 Å². The van der Waals surface area contributed by atoms with Gasteiger partial charge in [-0.15, -0.1) is 10.2 Å². The van der Waals surface area contributed by atoms with Crippen LogP contribution in [0.3, 0.4) is 0 Å². The topological polar surface area (TPSA) is 70.5 Å². The Bertz CT molecular complexity index is 846. The molecule has 0 spiro atoms. The predicted molar refractivity (Wildman–Crippen MR) is 86.8 cm³/mol. The molecule has 0 N–H and O–H groups in total. The summed E-state index contributed by atoms with van der Waals surface area (Å²) in [4.78, 5) is 0. The van der Waals surface area contributed by atoms with E-state index in [-0.39, 0.29) is 0 Å². The van der Waals surface area contributed by atoms with Gasteiger partial charge in [-0.05, 0) is 19.9 Å². The van der Waals surface area contributed by atoms with Gasteiger partial charge >= 0.3 is 0 Å². The molecule has 0 aliphatic carbocycles. The molecule has 0 saturated carbocycles. The van der Waals surface area contributed by atoms with Gasteiger partial charge in [0.1, 0.15) is 11.3 Å². The summed E-state index contributed by atoms with van der Waals surface area (Å²) in [5.41, 5.74) is 1.35. The predicted octanol–water partition coefficient (Wildman–Crippen LogP) is 3.37. The van der Waals surface area contributed by atoms with Gasteiger partial charge in [-0.25, -0.2) is 0 Å². The van der Waals surface area contributed by atoms with Crippen LogP contribution in [-0.4, -0.2) is 30.0 Å². The van der Waals surface area contributed by atoms with Gasteiger partial charge in [-0.3, -0.25) is 0 Å². The first kappa shape index (κ1) is 15.4. The van der Waals surface area contributed by atoms with Gasteiger partial charge in [0.2, 0.25) is 5.89 Å². The van der Waals surface area contributed by atoms with Crippen molar-refractivity contribution in [1.29, 1.82) is 0 Å². The van der Waals surface area contributed by atoms with Gasteiger partial charge in [-0.1, -0.05) is 18.2 Å². The van der Waals surface area contributed by atoms with E-state index >= 15 is 0 Å². The molecule has 0 amide bonds. The molecule has 6 nitrogen and oxygen atoms in total. The fourth-order valence-electron chi connectivity index (χ4n) is 3.27. The molecule has 1 unspecified atom stereocenters. The molecule has 24 heavy (non-hydrogen) atoms. The van der Waals surface area contributed by atoms with Crippen LogP contribution in [0.4, 0.5) is 0 Å². The summed E-state index contributed by atoms with van der Waals surface area (Å²) in [6.45, 7) is 5.59. The van der Waals surface area contributed by atoms with Crippen LogP contribution in [0.15, 0.2) is 33.1 Å². The maximum atomic E-state index is 5.93. The minimum Gasteiger partial charge on any atom is -0.461 e. The summed E-state index contributed by atoms with van der Waals surface area (Å²) in [7, 11) is 0. The Morgan fingerprint density at radius 3 is 2.88 bits per heavy atom. The number of benzene rings is 1. The monoisotopic (exact) mass is 328 g/mol. The second kappa shape index (κ2) is 6.03. The molecule has 1 aliphatic heterocycles. The van der Waals surface area contributed by atoms with Crippen molar-refractivity contribution in [3.63, 3.8) is 0 Å². The van der Waals surface area contributed by atoms with Crippen LogP contribution in [0.25, 0.3) is 11.0 Å². The number of furan rings is 1. The highest BCUT2D eigenvalue weighted by Crippen LogP contribution is 2.34. The van der Waals surface area contributed by atoms with Gasteiger partial charge < -0.3 is 18.3 Å². The quantitative estimate of drug-likeness (QED) is 0.715. The Morgan fingerprint density at radius 2 is 2.08 bits per heavy atom. The average molecular weight is 328 g/mol. The minimum atomic E-state index is -0.604. The molecule has 1 saturated heterocycles. The lowest BCUT2D eigenvalue weighted by molar-refractivity contribution is -0.0664. The number of hydrogen-bond acceptors (Lipinski definition) is 6. The zero-order chi connectivity index (χ0) is 16.6. The first-order chi connectivity index (χ1) is 11.7. The number of fused-ring (bicyclic) bond motifs is 1. The molecule has 0 radical (unpaired) electrons. The number of rotatable bonds is 5. The first-order valence-corrected chi connectivity index (χ1v) is 8.23. The van der Waals surface area contributed by atoms with Gasteiger partial charge in [0, 0.05) is 24.0 Å². The molecule has 3 heterocycles. The lowest BCUT2D eigenvalue weighted by Crippen LogP contribution is -2.30. The van der Waals surface area contributed by atoms with Gasteiger partial charge in [-0.2, -0.15) is 0 Å². The fourth-order valence-corrected chi connectivity index (χ4v) is 3.27. The molecular weight excluding hydrogens is 308 g/mol. The first-order valence-electron chi connectivity index (χ1n) is 8.23. The number of hydrogen-bond donors (Lipinski definition) is 0. The third kappa shape index (κ3) is 2.52. The molecule has 1 atom stereocenters. The molecule has 1 aliphatic rings. The van der Waals surface area contributed by atoms with E-state index in [1.165, 1.54) is 0 Å². The SMILES string of the molecule is CCOC1(c2nnc(Cc3c(C)oc4ccccc34)o2)CCOC1. The average Bonchev–Trinajstić information content (AvgIpc) is 3.29. The van der Waals surface area contributed by atoms with Crippen molar-refractivity contribution in [1.82, 2.24) is 10.2 Å². The maximum Gasteiger partial charge on any atom is 0.250 e. The molecule has 2 aromatic heterocycles. The van der Waals surface area contributed by atoms with Crippen LogP contribution in [0.2, 0.25) is 0 Å². The smallest absolute Gasteiger partial charge is 0.250 e. The number of aromatic nitrogens is 2. The lowest BCUT2D eigenvalue weighted by atomic mass is 10.0. The molecule has 3 aromatic rings. The van der Waals surface area contributed by atoms with Crippen molar-refractivity contribution in [2.24, 2.45) is 0 Å². The van der Waals surface area contributed by atoms with Crippen molar-refractivity contribution in [3.8, 4) is 0 Å². The number of aryl methyl sites for hydroxylation is 1. The Morgan fingerprint density at radius 1 is 1.21 bits per heavy atom. The van der Waals surface area contributed by atoms with Crippen LogP contribution in [-0.2, 0) is 21.5 Å². The highest BCUT2D eigenvalue weighted by Gasteiger charge is 2.42. The van der Waals surface area contributed by atoms with Crippen molar-refractivity contribution in [3.05, 3.63) is 47.4 Å². The van der Waals surface area contributed by atoms with E-state index in [4.69, 9.17) is 18.3 Å². The largest absolute Gasteiger partial charge is 0.461 e. The van der Waals surface area contributed by atoms with Crippen LogP contribution < -0.4 is 0 Å². The third-order valence-electron chi connectivity index (χ3n) is 4.49. The second-order valence-electron chi connectivity index (χ2n) is 6.04. The van der Waals surface area contributed by atoms with E-state index < -0.39 is 5.60 Å². The zero-order valence-corrected chi connectivity index (χ0v) is 13.9. The molecule has 126 valence electrons. The minimum absolute atomic E-state index is 0.455.